The maximum Gasteiger partial charge on any atom is 0.0515 e. The molecule has 1 aliphatic heterocycles. The lowest BCUT2D eigenvalue weighted by atomic mass is 10.0. The molecule has 0 amide bonds. The number of hydrogen-bond acceptors (Lipinski definition) is 1. The molecular weight excluding hydrogens is 196 g/mol. The van der Waals surface area contributed by atoms with Crippen LogP contribution in [-0.2, 0) is 13.0 Å². The van der Waals surface area contributed by atoms with Gasteiger partial charge in [0.25, 0.3) is 0 Å². The van der Waals surface area contributed by atoms with Gasteiger partial charge in [-0.1, -0.05) is 11.6 Å². The first-order chi connectivity index (χ1) is 6.74. The fraction of sp³-hybridized carbons (Fsp3) is 0.273. The van der Waals surface area contributed by atoms with E-state index < -0.39 is 0 Å². The van der Waals surface area contributed by atoms with Gasteiger partial charge in [0.15, 0.2) is 0 Å². The van der Waals surface area contributed by atoms with Gasteiger partial charge in [-0.05, 0) is 30.2 Å². The summed E-state index contributed by atoms with van der Waals surface area (Å²) in [7, 11) is 0. The van der Waals surface area contributed by atoms with Crippen LogP contribution >= 0.6 is 11.6 Å². The smallest absolute Gasteiger partial charge is 0.0515 e. The molecule has 14 heavy (non-hydrogen) atoms. The molecule has 0 saturated heterocycles. The van der Waals surface area contributed by atoms with Crippen LogP contribution in [0.1, 0.15) is 5.56 Å². The highest BCUT2D eigenvalue weighted by atomic mass is 35.5. The average molecular weight is 207 g/mol. The summed E-state index contributed by atoms with van der Waals surface area (Å²) in [4.78, 5) is 0. The SMILES string of the molecule is NC1Cc2cc(Cl)cc3ccn(c23)C1. The minimum Gasteiger partial charge on any atom is -0.346 e. The van der Waals surface area contributed by atoms with Gasteiger partial charge in [-0.2, -0.15) is 0 Å². The standard InChI is InChI=1S/C11H11ClN2/c12-9-3-7-1-2-14-6-10(13)5-8(4-9)11(7)14/h1-4,10H,5-6,13H2. The van der Waals surface area contributed by atoms with Gasteiger partial charge in [0.1, 0.15) is 0 Å². The van der Waals surface area contributed by atoms with Gasteiger partial charge in [-0.15, -0.1) is 0 Å². The third-order valence-electron chi connectivity index (χ3n) is 2.82. The Kier molecular flexibility index (Phi) is 1.64. The van der Waals surface area contributed by atoms with Crippen LogP contribution in [0, 0.1) is 0 Å². The van der Waals surface area contributed by atoms with Crippen molar-refractivity contribution in [2.24, 2.45) is 5.73 Å². The van der Waals surface area contributed by atoms with Crippen LogP contribution < -0.4 is 5.73 Å². The second-order valence-corrected chi connectivity index (χ2v) is 4.37. The van der Waals surface area contributed by atoms with E-state index in [1.807, 2.05) is 12.1 Å². The first kappa shape index (κ1) is 8.33. The fourth-order valence-electron chi connectivity index (χ4n) is 2.31. The zero-order valence-electron chi connectivity index (χ0n) is 7.70. The second-order valence-electron chi connectivity index (χ2n) is 3.94. The summed E-state index contributed by atoms with van der Waals surface area (Å²) in [5, 5.41) is 2.03. The van der Waals surface area contributed by atoms with E-state index in [0.717, 1.165) is 18.0 Å². The van der Waals surface area contributed by atoms with E-state index in [1.54, 1.807) is 0 Å². The fourth-order valence-corrected chi connectivity index (χ4v) is 2.56. The van der Waals surface area contributed by atoms with Crippen molar-refractivity contribution in [1.29, 1.82) is 0 Å². The molecule has 2 nitrogen and oxygen atoms in total. The summed E-state index contributed by atoms with van der Waals surface area (Å²) < 4.78 is 2.22. The largest absolute Gasteiger partial charge is 0.346 e. The molecule has 3 heteroatoms. The van der Waals surface area contributed by atoms with Crippen molar-refractivity contribution in [1.82, 2.24) is 4.57 Å². The molecule has 2 aromatic rings. The lowest BCUT2D eigenvalue weighted by Gasteiger charge is -2.21. The van der Waals surface area contributed by atoms with E-state index in [0.29, 0.717) is 0 Å². The molecule has 2 N–H and O–H groups in total. The van der Waals surface area contributed by atoms with Gasteiger partial charge in [0.05, 0.1) is 5.52 Å². The van der Waals surface area contributed by atoms with Crippen LogP contribution in [0.3, 0.4) is 0 Å². The Hall–Kier alpha value is -0.990. The Morgan fingerprint density at radius 3 is 3.14 bits per heavy atom. The van der Waals surface area contributed by atoms with Crippen LogP contribution in [0.15, 0.2) is 24.4 Å². The predicted molar refractivity (Wildman–Crippen MR) is 58.6 cm³/mol. The predicted octanol–water partition coefficient (Wildman–Crippen LogP) is 2.18. The van der Waals surface area contributed by atoms with Gasteiger partial charge < -0.3 is 10.3 Å². The molecule has 0 aliphatic carbocycles. The maximum absolute atomic E-state index is 6.03. The van der Waals surface area contributed by atoms with Gasteiger partial charge in [0.2, 0.25) is 0 Å². The summed E-state index contributed by atoms with van der Waals surface area (Å²) in [5.41, 5.74) is 8.55. The van der Waals surface area contributed by atoms with Crippen molar-refractivity contribution in [2.45, 2.75) is 19.0 Å². The number of rotatable bonds is 0. The molecule has 0 radical (unpaired) electrons. The van der Waals surface area contributed by atoms with Crippen LogP contribution in [0.5, 0.6) is 0 Å². The molecular formula is C11H11ClN2. The van der Waals surface area contributed by atoms with Crippen LogP contribution in [0.2, 0.25) is 5.02 Å². The molecule has 1 aromatic heterocycles. The van der Waals surface area contributed by atoms with Gasteiger partial charge >= 0.3 is 0 Å². The van der Waals surface area contributed by atoms with Crippen LogP contribution in [0.4, 0.5) is 0 Å². The number of nitrogens with zero attached hydrogens (tertiary/aromatic N) is 1. The molecule has 1 aliphatic rings. The third kappa shape index (κ3) is 1.08. The number of benzene rings is 1. The highest BCUT2D eigenvalue weighted by Crippen LogP contribution is 2.28. The van der Waals surface area contributed by atoms with E-state index in [1.165, 1.54) is 16.5 Å². The van der Waals surface area contributed by atoms with Crippen molar-refractivity contribution in [3.05, 3.63) is 35.0 Å². The van der Waals surface area contributed by atoms with Crippen molar-refractivity contribution >= 4 is 22.5 Å². The number of aromatic nitrogens is 1. The van der Waals surface area contributed by atoms with E-state index in [-0.39, 0.29) is 6.04 Å². The van der Waals surface area contributed by atoms with Crippen molar-refractivity contribution < 1.29 is 0 Å². The summed E-state index contributed by atoms with van der Waals surface area (Å²) in [6.07, 6.45) is 3.02. The molecule has 0 saturated carbocycles. The number of halogens is 1. The number of hydrogen-bond donors (Lipinski definition) is 1. The van der Waals surface area contributed by atoms with E-state index in [9.17, 15) is 0 Å². The third-order valence-corrected chi connectivity index (χ3v) is 3.04. The molecule has 2 heterocycles. The Morgan fingerprint density at radius 2 is 2.29 bits per heavy atom. The summed E-state index contributed by atoms with van der Waals surface area (Å²) in [6, 6.07) is 6.35. The topological polar surface area (TPSA) is 30.9 Å². The minimum atomic E-state index is 0.219. The highest BCUT2D eigenvalue weighted by Gasteiger charge is 2.17. The van der Waals surface area contributed by atoms with Crippen molar-refractivity contribution in [2.75, 3.05) is 0 Å². The first-order valence-electron chi connectivity index (χ1n) is 4.77. The normalized spacial score (nSPS) is 20.3. The maximum atomic E-state index is 6.03. The van der Waals surface area contributed by atoms with Crippen molar-refractivity contribution in [3.8, 4) is 0 Å². The Labute approximate surface area is 87.3 Å². The Morgan fingerprint density at radius 1 is 1.43 bits per heavy atom. The van der Waals surface area contributed by atoms with E-state index in [2.05, 4.69) is 16.8 Å². The first-order valence-corrected chi connectivity index (χ1v) is 5.15. The van der Waals surface area contributed by atoms with Gasteiger partial charge in [-0.25, -0.2) is 0 Å². The highest BCUT2D eigenvalue weighted by molar-refractivity contribution is 6.31. The second kappa shape index (κ2) is 2.75. The average Bonchev–Trinajstić information content (AvgIpc) is 2.48. The molecule has 1 aromatic carbocycles. The Bertz CT molecular complexity index is 501. The molecule has 1 unspecified atom stereocenters. The molecule has 0 fully saturated rings. The summed E-state index contributed by atoms with van der Waals surface area (Å²) in [5.74, 6) is 0. The summed E-state index contributed by atoms with van der Waals surface area (Å²) >= 11 is 6.03. The lowest BCUT2D eigenvalue weighted by Crippen LogP contribution is -2.31. The quantitative estimate of drug-likeness (QED) is 0.704. The Balaban J connectivity index is 2.38. The molecule has 1 atom stereocenters. The van der Waals surface area contributed by atoms with Gasteiger partial charge in [0, 0.05) is 29.2 Å². The zero-order chi connectivity index (χ0) is 9.71. The van der Waals surface area contributed by atoms with Gasteiger partial charge in [-0.3, -0.25) is 0 Å². The number of nitrogens with two attached hydrogens (primary N) is 1. The molecule has 72 valence electrons. The zero-order valence-corrected chi connectivity index (χ0v) is 8.46. The summed E-state index contributed by atoms with van der Waals surface area (Å²) in [6.45, 7) is 0.915. The van der Waals surface area contributed by atoms with E-state index in [4.69, 9.17) is 17.3 Å². The molecule has 0 bridgehead atoms. The van der Waals surface area contributed by atoms with Crippen LogP contribution in [-0.4, -0.2) is 10.6 Å². The van der Waals surface area contributed by atoms with Crippen LogP contribution in [0.25, 0.3) is 10.9 Å². The molecule has 3 rings (SSSR count). The minimum absolute atomic E-state index is 0.219. The van der Waals surface area contributed by atoms with Crippen molar-refractivity contribution in [3.63, 3.8) is 0 Å². The molecule has 0 spiro atoms. The monoisotopic (exact) mass is 206 g/mol. The lowest BCUT2D eigenvalue weighted by molar-refractivity contribution is 0.542. The van der Waals surface area contributed by atoms with E-state index >= 15 is 0 Å².